The zero-order valence-corrected chi connectivity index (χ0v) is 9.83. The maximum atomic E-state index is 11.1. The van der Waals surface area contributed by atoms with Gasteiger partial charge in [0.15, 0.2) is 5.78 Å². The number of ketones is 1. The van der Waals surface area contributed by atoms with Crippen LogP contribution in [-0.2, 0) is 4.79 Å². The molecule has 1 heterocycles. The number of carbonyl (C=O) groups excluding carboxylic acids is 1. The van der Waals surface area contributed by atoms with E-state index in [1.54, 1.807) is 21.0 Å². The van der Waals surface area contributed by atoms with Gasteiger partial charge in [0.25, 0.3) is 0 Å². The van der Waals surface area contributed by atoms with E-state index in [1.807, 2.05) is 0 Å². The Kier molecular flexibility index (Phi) is 3.98. The van der Waals surface area contributed by atoms with Gasteiger partial charge in [-0.1, -0.05) is 0 Å². The van der Waals surface area contributed by atoms with Crippen molar-refractivity contribution in [3.8, 4) is 0 Å². The van der Waals surface area contributed by atoms with Crippen LogP contribution in [0, 0.1) is 0 Å². The molecule has 0 saturated heterocycles. The smallest absolute Gasteiger partial charge is 0.229 e. The number of Topliss-reactive ketones (excluding diaryl/α,β-unsaturated/α-hetero) is 1. The first-order valence-electron chi connectivity index (χ1n) is 4.95. The number of rotatable bonds is 5. The van der Waals surface area contributed by atoms with E-state index >= 15 is 0 Å². The van der Waals surface area contributed by atoms with Crippen LogP contribution < -0.4 is 16.0 Å². The van der Waals surface area contributed by atoms with E-state index < -0.39 is 0 Å². The van der Waals surface area contributed by atoms with Crippen LogP contribution in [0.25, 0.3) is 0 Å². The monoisotopic (exact) mass is 224 g/mol. The molecule has 0 aliphatic rings. The Bertz CT molecular complexity index is 358. The average molecular weight is 224 g/mol. The van der Waals surface area contributed by atoms with E-state index in [9.17, 15) is 4.79 Å². The topological polar surface area (TPSA) is 91.8 Å². The fourth-order valence-corrected chi connectivity index (χ4v) is 0.959. The molecule has 0 bridgehead atoms. The fraction of sp³-hybridized carbons (Fsp3) is 0.556. The predicted molar refractivity (Wildman–Crippen MR) is 62.7 cm³/mol. The Morgan fingerprint density at radius 1 is 1.06 bits per heavy atom. The third-order valence-corrected chi connectivity index (χ3v) is 2.04. The molecule has 1 unspecified atom stereocenters. The van der Waals surface area contributed by atoms with Crippen molar-refractivity contribution in [1.82, 2.24) is 15.0 Å². The minimum Gasteiger partial charge on any atom is -0.357 e. The van der Waals surface area contributed by atoms with E-state index in [2.05, 4.69) is 30.9 Å². The summed E-state index contributed by atoms with van der Waals surface area (Å²) in [6, 6.07) is -0.322. The third kappa shape index (κ3) is 3.04. The number of nitrogens with one attached hydrogen (secondary N) is 3. The lowest BCUT2D eigenvalue weighted by atomic mass is 10.2. The molecule has 0 aliphatic heterocycles. The summed E-state index contributed by atoms with van der Waals surface area (Å²) in [5, 5.41) is 8.53. The Labute approximate surface area is 94.1 Å². The SMILES string of the molecule is CNc1nc(NC)nc(NC(C)C(C)=O)n1. The average Bonchev–Trinajstić information content (AvgIpc) is 2.28. The van der Waals surface area contributed by atoms with E-state index in [4.69, 9.17) is 0 Å². The van der Waals surface area contributed by atoms with Gasteiger partial charge < -0.3 is 16.0 Å². The molecule has 1 aromatic rings. The van der Waals surface area contributed by atoms with Crippen molar-refractivity contribution in [1.29, 1.82) is 0 Å². The van der Waals surface area contributed by atoms with Crippen LogP contribution in [0.5, 0.6) is 0 Å². The summed E-state index contributed by atoms with van der Waals surface area (Å²) in [4.78, 5) is 23.3. The zero-order valence-electron chi connectivity index (χ0n) is 9.83. The molecular weight excluding hydrogens is 208 g/mol. The van der Waals surface area contributed by atoms with Gasteiger partial charge in [-0.3, -0.25) is 4.79 Å². The van der Waals surface area contributed by atoms with Crippen molar-refractivity contribution < 1.29 is 4.79 Å². The summed E-state index contributed by atoms with van der Waals surface area (Å²) in [5.74, 6) is 1.28. The van der Waals surface area contributed by atoms with E-state index in [0.29, 0.717) is 17.8 Å². The number of hydrogen-bond acceptors (Lipinski definition) is 7. The van der Waals surface area contributed by atoms with E-state index in [1.165, 1.54) is 6.92 Å². The molecule has 0 radical (unpaired) electrons. The summed E-state index contributed by atoms with van der Waals surface area (Å²) in [6.45, 7) is 3.26. The predicted octanol–water partition coefficient (Wildman–Crippen LogP) is 0.344. The van der Waals surface area contributed by atoms with E-state index in [-0.39, 0.29) is 11.8 Å². The first-order chi connectivity index (χ1) is 7.56. The zero-order chi connectivity index (χ0) is 12.1. The molecule has 0 aliphatic carbocycles. The maximum Gasteiger partial charge on any atom is 0.229 e. The minimum absolute atomic E-state index is 0.0254. The van der Waals surface area contributed by atoms with Gasteiger partial charge in [-0.15, -0.1) is 0 Å². The second-order valence-corrected chi connectivity index (χ2v) is 3.28. The van der Waals surface area contributed by atoms with Gasteiger partial charge in [0, 0.05) is 14.1 Å². The van der Waals surface area contributed by atoms with Gasteiger partial charge in [-0.05, 0) is 13.8 Å². The van der Waals surface area contributed by atoms with Crippen molar-refractivity contribution in [2.24, 2.45) is 0 Å². The number of nitrogens with zero attached hydrogens (tertiary/aromatic N) is 3. The van der Waals surface area contributed by atoms with Gasteiger partial charge in [0.05, 0.1) is 6.04 Å². The van der Waals surface area contributed by atoms with Crippen LogP contribution in [0.4, 0.5) is 17.8 Å². The van der Waals surface area contributed by atoms with Crippen LogP contribution >= 0.6 is 0 Å². The molecule has 0 spiro atoms. The largest absolute Gasteiger partial charge is 0.357 e. The number of aromatic nitrogens is 3. The van der Waals surface area contributed by atoms with Gasteiger partial charge >= 0.3 is 0 Å². The molecule has 16 heavy (non-hydrogen) atoms. The van der Waals surface area contributed by atoms with Crippen LogP contribution in [-0.4, -0.2) is 40.9 Å². The number of hydrogen-bond donors (Lipinski definition) is 3. The first kappa shape index (κ1) is 12.2. The second kappa shape index (κ2) is 5.24. The Morgan fingerprint density at radius 2 is 1.50 bits per heavy atom. The molecule has 0 amide bonds. The fourth-order valence-electron chi connectivity index (χ4n) is 0.959. The van der Waals surface area contributed by atoms with Gasteiger partial charge in [0.2, 0.25) is 17.8 Å². The standard InChI is InChI=1S/C9H16N6O/c1-5(6(2)16)12-9-14-7(10-3)13-8(11-4)15-9/h5H,1-4H3,(H3,10,11,12,13,14,15). The lowest BCUT2D eigenvalue weighted by Gasteiger charge is -2.11. The Hall–Kier alpha value is -1.92. The minimum atomic E-state index is -0.322. The molecule has 3 N–H and O–H groups in total. The van der Waals surface area contributed by atoms with Crippen molar-refractivity contribution in [3.05, 3.63) is 0 Å². The highest BCUT2D eigenvalue weighted by Crippen LogP contribution is 2.09. The van der Waals surface area contributed by atoms with Crippen molar-refractivity contribution in [2.45, 2.75) is 19.9 Å². The Morgan fingerprint density at radius 3 is 1.88 bits per heavy atom. The highest BCUT2D eigenvalue weighted by atomic mass is 16.1. The third-order valence-electron chi connectivity index (χ3n) is 2.04. The summed E-state index contributed by atoms with van der Waals surface area (Å²) in [6.07, 6.45) is 0. The first-order valence-corrected chi connectivity index (χ1v) is 4.95. The molecule has 1 rings (SSSR count). The molecule has 0 fully saturated rings. The van der Waals surface area contributed by atoms with Crippen LogP contribution in [0.2, 0.25) is 0 Å². The molecule has 0 saturated carbocycles. The number of anilines is 3. The highest BCUT2D eigenvalue weighted by Gasteiger charge is 2.10. The quantitative estimate of drug-likeness (QED) is 0.664. The molecular formula is C9H16N6O. The molecule has 0 aromatic carbocycles. The number of carbonyl (C=O) groups is 1. The van der Waals surface area contributed by atoms with E-state index in [0.717, 1.165) is 0 Å². The molecule has 7 heteroatoms. The summed E-state index contributed by atoms with van der Waals surface area (Å²) in [7, 11) is 3.43. The highest BCUT2D eigenvalue weighted by molar-refractivity contribution is 5.83. The van der Waals surface area contributed by atoms with Crippen LogP contribution in [0.15, 0.2) is 0 Å². The lowest BCUT2D eigenvalue weighted by Crippen LogP contribution is -2.25. The molecule has 1 atom stereocenters. The van der Waals surface area contributed by atoms with Gasteiger partial charge in [0.1, 0.15) is 0 Å². The van der Waals surface area contributed by atoms with Crippen molar-refractivity contribution >= 4 is 23.6 Å². The van der Waals surface area contributed by atoms with Crippen molar-refractivity contribution in [2.75, 3.05) is 30.0 Å². The summed E-state index contributed by atoms with van der Waals surface area (Å²) in [5.41, 5.74) is 0. The second-order valence-electron chi connectivity index (χ2n) is 3.28. The lowest BCUT2D eigenvalue weighted by molar-refractivity contribution is -0.117. The molecule has 88 valence electrons. The Balaban J connectivity index is 2.90. The molecule has 1 aromatic heterocycles. The van der Waals surface area contributed by atoms with Crippen LogP contribution in [0.1, 0.15) is 13.8 Å². The van der Waals surface area contributed by atoms with Crippen LogP contribution in [0.3, 0.4) is 0 Å². The summed E-state index contributed by atoms with van der Waals surface area (Å²) >= 11 is 0. The normalized spacial score (nSPS) is 11.8. The maximum absolute atomic E-state index is 11.1. The van der Waals surface area contributed by atoms with Gasteiger partial charge in [-0.2, -0.15) is 15.0 Å². The van der Waals surface area contributed by atoms with Gasteiger partial charge in [-0.25, -0.2) is 0 Å². The molecule has 7 nitrogen and oxygen atoms in total. The summed E-state index contributed by atoms with van der Waals surface area (Å²) < 4.78 is 0. The van der Waals surface area contributed by atoms with Crippen molar-refractivity contribution in [3.63, 3.8) is 0 Å².